The third kappa shape index (κ3) is 3.48. The molecule has 4 aliphatic carbocycles. The Balaban J connectivity index is 1.63. The largest absolute Gasteiger partial charge is 0.390 e. The van der Waals surface area contributed by atoms with Gasteiger partial charge in [-0.2, -0.15) is 0 Å². The summed E-state index contributed by atoms with van der Waals surface area (Å²) >= 11 is 0. The molecule has 8 atom stereocenters. The molecule has 30 heavy (non-hydrogen) atoms. The van der Waals surface area contributed by atoms with Crippen molar-refractivity contribution in [3.8, 4) is 0 Å². The van der Waals surface area contributed by atoms with Crippen LogP contribution in [0.3, 0.4) is 0 Å². The highest BCUT2D eigenvalue weighted by atomic mass is 16.3. The van der Waals surface area contributed by atoms with Crippen molar-refractivity contribution < 1.29 is 9.90 Å². The summed E-state index contributed by atoms with van der Waals surface area (Å²) in [5.41, 5.74) is 1.33. The van der Waals surface area contributed by atoms with Crippen LogP contribution in [-0.4, -0.2) is 32.2 Å². The van der Waals surface area contributed by atoms with E-state index in [1.165, 1.54) is 18.4 Å². The van der Waals surface area contributed by atoms with E-state index < -0.39 is 10.8 Å². The molecule has 0 saturated heterocycles. The van der Waals surface area contributed by atoms with Gasteiger partial charge in [-0.3, -0.25) is 0 Å². The van der Waals surface area contributed by atoms with Crippen LogP contribution in [0.2, 0.25) is 5.21 Å². The van der Waals surface area contributed by atoms with E-state index in [2.05, 4.69) is 26.8 Å². The third-order valence-electron chi connectivity index (χ3n) is 10.2. The predicted molar refractivity (Wildman–Crippen MR) is 124 cm³/mol. The van der Waals surface area contributed by atoms with Crippen molar-refractivity contribution >= 4 is 21.5 Å². The molecule has 4 rings (SSSR count). The molecule has 0 bridgehead atoms. The molecule has 0 aromatic heterocycles. The molecule has 4 radical (unpaired) electrons. The average molecular weight is 406 g/mol. The minimum absolute atomic E-state index is 0.155. The number of allylic oxidation sites excluding steroid dienone is 1. The second kappa shape index (κ2) is 7.26. The zero-order valence-electron chi connectivity index (χ0n) is 19.8. The Hall–Kier alpha value is -0.500. The van der Waals surface area contributed by atoms with E-state index in [1.54, 1.807) is 6.92 Å². The summed E-state index contributed by atoms with van der Waals surface area (Å²) in [7, 11) is 13.7. The van der Waals surface area contributed by atoms with E-state index in [9.17, 15) is 9.90 Å². The number of ketones is 1. The zero-order chi connectivity index (χ0) is 22.1. The smallest absolute Gasteiger partial charge is 0.129 e. The molecular formula is C26H40B2O2. The van der Waals surface area contributed by atoms with Gasteiger partial charge < -0.3 is 9.90 Å². The van der Waals surface area contributed by atoms with Gasteiger partial charge in [0.15, 0.2) is 0 Å². The normalized spacial score (nSPS) is 48.1. The zero-order valence-corrected chi connectivity index (χ0v) is 19.8. The Morgan fingerprint density at radius 1 is 1.20 bits per heavy atom. The molecule has 0 heterocycles. The van der Waals surface area contributed by atoms with Crippen LogP contribution in [-0.2, 0) is 4.79 Å². The van der Waals surface area contributed by atoms with Crippen LogP contribution in [0.1, 0.15) is 92.4 Å². The van der Waals surface area contributed by atoms with Gasteiger partial charge in [-0.1, -0.05) is 44.1 Å². The van der Waals surface area contributed by atoms with Gasteiger partial charge in [-0.25, -0.2) is 0 Å². The van der Waals surface area contributed by atoms with E-state index >= 15 is 0 Å². The summed E-state index contributed by atoms with van der Waals surface area (Å²) in [6, 6.07) is 0. The highest BCUT2D eigenvalue weighted by Gasteiger charge is 2.63. The average Bonchev–Trinajstić information content (AvgIpc) is 2.85. The number of rotatable bonds is 4. The lowest BCUT2D eigenvalue weighted by Crippen LogP contribution is -2.52. The van der Waals surface area contributed by atoms with Gasteiger partial charge >= 0.3 is 0 Å². The van der Waals surface area contributed by atoms with E-state index in [-0.39, 0.29) is 22.5 Å². The highest BCUT2D eigenvalue weighted by Crippen LogP contribution is 2.72. The summed E-state index contributed by atoms with van der Waals surface area (Å²) in [5.74, 6) is 2.75. The van der Waals surface area contributed by atoms with Crippen LogP contribution in [0.25, 0.3) is 0 Å². The predicted octanol–water partition coefficient (Wildman–Crippen LogP) is 5.38. The van der Waals surface area contributed by atoms with Crippen molar-refractivity contribution in [2.24, 2.45) is 40.4 Å². The van der Waals surface area contributed by atoms with Crippen LogP contribution in [0.5, 0.6) is 0 Å². The molecule has 0 spiro atoms. The number of fused-ring (bicyclic) bond motifs is 5. The second-order valence-electron chi connectivity index (χ2n) is 12.5. The maximum atomic E-state index is 11.6. The minimum atomic E-state index is -0.647. The Morgan fingerprint density at radius 3 is 2.57 bits per heavy atom. The molecule has 0 aromatic carbocycles. The van der Waals surface area contributed by atoms with Crippen LogP contribution < -0.4 is 0 Å². The molecule has 2 nitrogen and oxygen atoms in total. The molecule has 4 heteroatoms. The summed E-state index contributed by atoms with van der Waals surface area (Å²) in [6.45, 7) is 10.9. The maximum Gasteiger partial charge on any atom is 0.129 e. The first-order chi connectivity index (χ1) is 13.8. The molecule has 4 aliphatic rings. The molecule has 0 aromatic rings. The van der Waals surface area contributed by atoms with Crippen molar-refractivity contribution in [3.63, 3.8) is 0 Å². The first-order valence-corrected chi connectivity index (χ1v) is 12.3. The standard InChI is InChI=1S/C26H40B2O2/c1-16(6-7-17(2)29)22-25(5)11-10-20-19(21(25)15-26(22,27)28)9-8-18-14-23(3,30)12-13-24(18,20)4/h8,16,19-22,30H,6-7,9-15H2,1-5H3/t16-,19?,20?,21?,22?,23+,24?,25?/m1/s1. The number of hydrogen-bond donors (Lipinski definition) is 1. The van der Waals surface area contributed by atoms with E-state index in [4.69, 9.17) is 15.7 Å². The lowest BCUT2D eigenvalue weighted by atomic mass is 9.43. The van der Waals surface area contributed by atoms with Gasteiger partial charge in [0.25, 0.3) is 0 Å². The molecule has 3 saturated carbocycles. The summed E-state index contributed by atoms with van der Waals surface area (Å²) in [5, 5.41) is 10.0. The first-order valence-electron chi connectivity index (χ1n) is 12.3. The van der Waals surface area contributed by atoms with Crippen molar-refractivity contribution in [2.75, 3.05) is 0 Å². The SMILES string of the molecule is [B]C1([B])CC2C3CC=C4C[C@@](C)(O)CCC4(C)C3CCC2(C)C1[C@H](C)CCC(C)=O. The van der Waals surface area contributed by atoms with E-state index in [0.29, 0.717) is 30.1 Å². The fraction of sp³-hybridized carbons (Fsp3) is 0.885. The van der Waals surface area contributed by atoms with Gasteiger partial charge in [0.05, 0.1) is 21.3 Å². The number of Topliss-reactive ketones (excluding diaryl/α,β-unsaturated/α-hetero) is 1. The monoisotopic (exact) mass is 406 g/mol. The summed E-state index contributed by atoms with van der Waals surface area (Å²) in [4.78, 5) is 11.6. The first kappa shape index (κ1) is 22.7. The van der Waals surface area contributed by atoms with Crippen molar-refractivity contribution in [2.45, 2.75) is 103 Å². The molecule has 0 aliphatic heterocycles. The minimum Gasteiger partial charge on any atom is -0.390 e. The fourth-order valence-electron chi connectivity index (χ4n) is 8.82. The van der Waals surface area contributed by atoms with Crippen molar-refractivity contribution in [3.05, 3.63) is 11.6 Å². The van der Waals surface area contributed by atoms with Gasteiger partial charge in [-0.05, 0) is 99.2 Å². The summed E-state index contributed by atoms with van der Waals surface area (Å²) in [6.07, 6.45) is 11.2. The number of aliphatic hydroxyl groups is 1. The fourth-order valence-corrected chi connectivity index (χ4v) is 8.82. The van der Waals surface area contributed by atoms with Gasteiger partial charge in [-0.15, -0.1) is 0 Å². The second-order valence-corrected chi connectivity index (χ2v) is 12.5. The Morgan fingerprint density at radius 2 is 1.90 bits per heavy atom. The quantitative estimate of drug-likeness (QED) is 0.503. The van der Waals surface area contributed by atoms with Crippen molar-refractivity contribution in [1.29, 1.82) is 0 Å². The summed E-state index contributed by atoms with van der Waals surface area (Å²) < 4.78 is 0. The lowest BCUT2D eigenvalue weighted by Gasteiger charge is -2.59. The van der Waals surface area contributed by atoms with Gasteiger partial charge in [0, 0.05) is 6.42 Å². The number of carbonyl (C=O) groups is 1. The van der Waals surface area contributed by atoms with Crippen molar-refractivity contribution in [1.82, 2.24) is 0 Å². The number of carbonyl (C=O) groups excluding carboxylic acids is 1. The Labute approximate surface area is 186 Å². The topological polar surface area (TPSA) is 37.3 Å². The van der Waals surface area contributed by atoms with Crippen LogP contribution in [0.4, 0.5) is 0 Å². The van der Waals surface area contributed by atoms with E-state index in [1.807, 2.05) is 6.92 Å². The molecule has 162 valence electrons. The lowest BCUT2D eigenvalue weighted by molar-refractivity contribution is -0.117. The highest BCUT2D eigenvalue weighted by molar-refractivity contribution is 6.40. The molecule has 3 fully saturated rings. The van der Waals surface area contributed by atoms with Gasteiger partial charge in [0.1, 0.15) is 5.78 Å². The van der Waals surface area contributed by atoms with E-state index in [0.717, 1.165) is 38.5 Å². The molecule has 0 amide bonds. The molecular weight excluding hydrogens is 366 g/mol. The van der Waals surface area contributed by atoms with Crippen LogP contribution >= 0.6 is 0 Å². The van der Waals surface area contributed by atoms with Crippen LogP contribution in [0.15, 0.2) is 11.6 Å². The van der Waals surface area contributed by atoms with Gasteiger partial charge in [0.2, 0.25) is 0 Å². The number of hydrogen-bond acceptors (Lipinski definition) is 2. The third-order valence-corrected chi connectivity index (χ3v) is 10.2. The van der Waals surface area contributed by atoms with Crippen LogP contribution in [0, 0.1) is 40.4 Å². The Bertz CT molecular complexity index is 741. The maximum absolute atomic E-state index is 11.6. The Kier molecular flexibility index (Phi) is 5.49. The molecule has 1 N–H and O–H groups in total. The molecule has 6 unspecified atom stereocenters.